The van der Waals surface area contributed by atoms with Crippen LogP contribution in [-0.4, -0.2) is 48.4 Å². The first-order valence-electron chi connectivity index (χ1n) is 10.8. The second kappa shape index (κ2) is 10.3. The molecule has 5 nitrogen and oxygen atoms in total. The number of carbonyl (C=O) groups excluding carboxylic acids is 2. The van der Waals surface area contributed by atoms with E-state index in [1.165, 1.54) is 19.3 Å². The minimum Gasteiger partial charge on any atom is -0.343 e. The van der Waals surface area contributed by atoms with Gasteiger partial charge in [-0.3, -0.25) is 9.59 Å². The van der Waals surface area contributed by atoms with Gasteiger partial charge in [0.15, 0.2) is 0 Å². The molecule has 2 fully saturated rings. The van der Waals surface area contributed by atoms with Crippen LogP contribution in [0, 0.1) is 11.8 Å². The Kier molecular flexibility index (Phi) is 8.39. The van der Waals surface area contributed by atoms with Crippen LogP contribution in [0.15, 0.2) is 0 Å². The molecule has 1 heterocycles. The summed E-state index contributed by atoms with van der Waals surface area (Å²) in [6.07, 6.45) is 10.2. The van der Waals surface area contributed by atoms with E-state index in [0.717, 1.165) is 45.1 Å². The molecule has 1 saturated carbocycles. The van der Waals surface area contributed by atoms with E-state index in [0.29, 0.717) is 12.0 Å². The van der Waals surface area contributed by atoms with E-state index in [1.54, 1.807) is 7.05 Å². The van der Waals surface area contributed by atoms with Crippen LogP contribution in [0.3, 0.4) is 0 Å². The summed E-state index contributed by atoms with van der Waals surface area (Å²) in [5, 5.41) is 6.10. The van der Waals surface area contributed by atoms with Crippen LogP contribution in [0.5, 0.6) is 0 Å². The van der Waals surface area contributed by atoms with Crippen molar-refractivity contribution < 1.29 is 9.59 Å². The van der Waals surface area contributed by atoms with Crippen LogP contribution in [0.2, 0.25) is 0 Å². The molecule has 0 aromatic heterocycles. The monoisotopic (exact) mass is 365 g/mol. The van der Waals surface area contributed by atoms with E-state index in [-0.39, 0.29) is 29.8 Å². The summed E-state index contributed by atoms with van der Waals surface area (Å²) in [6.45, 7) is 7.18. The number of carbonyl (C=O) groups is 2. The minimum atomic E-state index is -0.354. The second-order valence-corrected chi connectivity index (χ2v) is 8.40. The van der Waals surface area contributed by atoms with Crippen molar-refractivity contribution in [1.29, 1.82) is 0 Å². The number of nitrogens with one attached hydrogen (secondary N) is 2. The van der Waals surface area contributed by atoms with Crippen molar-refractivity contribution in [1.82, 2.24) is 15.5 Å². The zero-order valence-electron chi connectivity index (χ0n) is 17.2. The Morgan fingerprint density at radius 3 is 2.38 bits per heavy atom. The summed E-state index contributed by atoms with van der Waals surface area (Å²) in [5.41, 5.74) is 0. The highest BCUT2D eigenvalue weighted by Crippen LogP contribution is 2.31. The first-order valence-corrected chi connectivity index (χ1v) is 10.8. The average molecular weight is 366 g/mol. The van der Waals surface area contributed by atoms with Gasteiger partial charge in [0.1, 0.15) is 6.04 Å². The molecule has 5 heteroatoms. The molecule has 0 aromatic carbocycles. The van der Waals surface area contributed by atoms with E-state index >= 15 is 0 Å². The summed E-state index contributed by atoms with van der Waals surface area (Å²) in [5.74, 6) is 0.921. The standard InChI is InChI=1S/C21H39N3O2/c1-5-10-15(2)18-13-9-14-24(18)21(26)19(17-11-7-6-8-12-17)23-20(25)16(3)22-4/h15-19,22H,5-14H2,1-4H3,(H,23,25). The van der Waals surface area contributed by atoms with E-state index in [1.807, 2.05) is 6.92 Å². The number of amides is 2. The summed E-state index contributed by atoms with van der Waals surface area (Å²) in [7, 11) is 1.78. The van der Waals surface area contributed by atoms with Gasteiger partial charge in [0, 0.05) is 12.6 Å². The first kappa shape index (κ1) is 21.2. The molecule has 26 heavy (non-hydrogen) atoms. The fourth-order valence-electron chi connectivity index (χ4n) is 4.74. The molecule has 2 amide bonds. The maximum Gasteiger partial charge on any atom is 0.245 e. The zero-order chi connectivity index (χ0) is 19.1. The van der Waals surface area contributed by atoms with Crippen molar-refractivity contribution in [2.75, 3.05) is 13.6 Å². The number of rotatable bonds is 8. The third kappa shape index (κ3) is 5.21. The topological polar surface area (TPSA) is 61.4 Å². The number of hydrogen-bond acceptors (Lipinski definition) is 3. The number of likely N-dealkylation sites (N-methyl/N-ethyl adjacent to an activating group) is 1. The molecule has 150 valence electrons. The van der Waals surface area contributed by atoms with Crippen molar-refractivity contribution in [3.63, 3.8) is 0 Å². The molecule has 1 aliphatic carbocycles. The molecule has 2 aliphatic rings. The van der Waals surface area contributed by atoms with Crippen molar-refractivity contribution in [2.45, 2.75) is 96.7 Å². The van der Waals surface area contributed by atoms with Crippen molar-refractivity contribution in [2.24, 2.45) is 11.8 Å². The lowest BCUT2D eigenvalue weighted by Crippen LogP contribution is -2.57. The van der Waals surface area contributed by atoms with Gasteiger partial charge in [0.2, 0.25) is 11.8 Å². The lowest BCUT2D eigenvalue weighted by molar-refractivity contribution is -0.140. The Bertz CT molecular complexity index is 462. The summed E-state index contributed by atoms with van der Waals surface area (Å²) in [4.78, 5) is 28.1. The molecule has 0 bridgehead atoms. The van der Waals surface area contributed by atoms with E-state index in [4.69, 9.17) is 0 Å². The molecule has 1 saturated heterocycles. The van der Waals surface area contributed by atoms with Gasteiger partial charge in [-0.25, -0.2) is 0 Å². The van der Waals surface area contributed by atoms with Gasteiger partial charge in [-0.05, 0) is 57.9 Å². The van der Waals surface area contributed by atoms with Crippen molar-refractivity contribution >= 4 is 11.8 Å². The van der Waals surface area contributed by atoms with Gasteiger partial charge in [0.05, 0.1) is 6.04 Å². The van der Waals surface area contributed by atoms with Gasteiger partial charge in [0.25, 0.3) is 0 Å². The van der Waals surface area contributed by atoms with Crippen LogP contribution >= 0.6 is 0 Å². The number of likely N-dealkylation sites (tertiary alicyclic amines) is 1. The number of nitrogens with zero attached hydrogens (tertiary/aromatic N) is 1. The molecular formula is C21H39N3O2. The molecule has 0 radical (unpaired) electrons. The normalized spacial score (nSPS) is 24.9. The lowest BCUT2D eigenvalue weighted by Gasteiger charge is -2.37. The van der Waals surface area contributed by atoms with Crippen molar-refractivity contribution in [3.05, 3.63) is 0 Å². The Morgan fingerprint density at radius 1 is 1.08 bits per heavy atom. The molecule has 2 N–H and O–H groups in total. The van der Waals surface area contributed by atoms with E-state index < -0.39 is 0 Å². The van der Waals surface area contributed by atoms with Crippen LogP contribution in [-0.2, 0) is 9.59 Å². The number of hydrogen-bond donors (Lipinski definition) is 2. The Morgan fingerprint density at radius 2 is 1.77 bits per heavy atom. The summed E-state index contributed by atoms with van der Waals surface area (Å²) < 4.78 is 0. The molecular weight excluding hydrogens is 326 g/mol. The van der Waals surface area contributed by atoms with Crippen LogP contribution in [0.25, 0.3) is 0 Å². The highest BCUT2D eigenvalue weighted by Gasteiger charge is 2.39. The maximum absolute atomic E-state index is 13.5. The molecule has 4 unspecified atom stereocenters. The minimum absolute atomic E-state index is 0.0613. The van der Waals surface area contributed by atoms with Crippen LogP contribution in [0.1, 0.15) is 78.6 Å². The van der Waals surface area contributed by atoms with Gasteiger partial charge in [-0.2, -0.15) is 0 Å². The second-order valence-electron chi connectivity index (χ2n) is 8.40. The Balaban J connectivity index is 2.14. The highest BCUT2D eigenvalue weighted by atomic mass is 16.2. The quantitative estimate of drug-likeness (QED) is 0.695. The van der Waals surface area contributed by atoms with Crippen LogP contribution in [0.4, 0.5) is 0 Å². The van der Waals surface area contributed by atoms with E-state index in [9.17, 15) is 9.59 Å². The van der Waals surface area contributed by atoms with E-state index in [2.05, 4.69) is 29.4 Å². The molecule has 1 aliphatic heterocycles. The molecule has 0 spiro atoms. The lowest BCUT2D eigenvalue weighted by atomic mass is 9.82. The largest absolute Gasteiger partial charge is 0.343 e. The molecule has 2 rings (SSSR count). The predicted octanol–water partition coefficient (Wildman–Crippen LogP) is 3.09. The zero-order valence-corrected chi connectivity index (χ0v) is 17.2. The highest BCUT2D eigenvalue weighted by molar-refractivity contribution is 5.90. The Hall–Kier alpha value is -1.10. The Labute approximate surface area is 159 Å². The first-order chi connectivity index (χ1) is 12.5. The maximum atomic E-state index is 13.5. The predicted molar refractivity (Wildman–Crippen MR) is 106 cm³/mol. The van der Waals surface area contributed by atoms with Gasteiger partial charge >= 0.3 is 0 Å². The van der Waals surface area contributed by atoms with Crippen LogP contribution < -0.4 is 10.6 Å². The third-order valence-electron chi connectivity index (χ3n) is 6.49. The fraction of sp³-hybridized carbons (Fsp3) is 0.905. The molecule has 4 atom stereocenters. The summed E-state index contributed by atoms with van der Waals surface area (Å²) >= 11 is 0. The molecule has 0 aromatic rings. The third-order valence-corrected chi connectivity index (χ3v) is 6.49. The van der Waals surface area contributed by atoms with Gasteiger partial charge < -0.3 is 15.5 Å². The van der Waals surface area contributed by atoms with Crippen molar-refractivity contribution in [3.8, 4) is 0 Å². The SMILES string of the molecule is CCCC(C)C1CCCN1C(=O)C(NC(=O)C(C)NC)C1CCCCC1. The van der Waals surface area contributed by atoms with Gasteiger partial charge in [-0.15, -0.1) is 0 Å². The smallest absolute Gasteiger partial charge is 0.245 e. The fourth-order valence-corrected chi connectivity index (χ4v) is 4.74. The summed E-state index contributed by atoms with van der Waals surface area (Å²) in [6, 6.07) is -0.289. The average Bonchev–Trinajstić information content (AvgIpc) is 3.15. The van der Waals surface area contributed by atoms with Gasteiger partial charge in [-0.1, -0.05) is 39.5 Å².